The number of rotatable bonds is 8. The van der Waals surface area contributed by atoms with Gasteiger partial charge in [-0.25, -0.2) is 4.39 Å². The van der Waals surface area contributed by atoms with Gasteiger partial charge in [0.25, 0.3) is 0 Å². The molecule has 1 unspecified atom stereocenters. The van der Waals surface area contributed by atoms with Crippen LogP contribution in [0.3, 0.4) is 0 Å². The first-order valence-corrected chi connectivity index (χ1v) is 10.9. The molecule has 0 radical (unpaired) electrons. The number of halogens is 1. The SMILES string of the molecule is COc1cccc(CN(C(=O)Cc2ccccc2F)C(C)C(=O)NC2CCCCC2)c1. The lowest BCUT2D eigenvalue weighted by molar-refractivity contribution is -0.140. The molecule has 1 fully saturated rings. The molecule has 5 nitrogen and oxygen atoms in total. The van der Waals surface area contributed by atoms with Crippen molar-refractivity contribution < 1.29 is 18.7 Å². The largest absolute Gasteiger partial charge is 0.497 e. The van der Waals surface area contributed by atoms with Crippen molar-refractivity contribution in [2.45, 2.75) is 64.1 Å². The second-order valence-corrected chi connectivity index (χ2v) is 8.16. The highest BCUT2D eigenvalue weighted by Gasteiger charge is 2.28. The first-order chi connectivity index (χ1) is 15.0. The summed E-state index contributed by atoms with van der Waals surface area (Å²) in [6.07, 6.45) is 5.26. The molecule has 0 aliphatic heterocycles. The lowest BCUT2D eigenvalue weighted by Crippen LogP contribution is -2.50. The van der Waals surface area contributed by atoms with E-state index in [1.165, 1.54) is 17.4 Å². The van der Waals surface area contributed by atoms with Crippen LogP contribution in [0.2, 0.25) is 0 Å². The molecule has 0 saturated heterocycles. The number of methoxy groups -OCH3 is 1. The number of ether oxygens (including phenoxy) is 1. The highest BCUT2D eigenvalue weighted by Crippen LogP contribution is 2.20. The van der Waals surface area contributed by atoms with Crippen molar-refractivity contribution >= 4 is 11.8 Å². The molecule has 1 saturated carbocycles. The molecule has 2 aromatic carbocycles. The highest BCUT2D eigenvalue weighted by atomic mass is 19.1. The summed E-state index contributed by atoms with van der Waals surface area (Å²) >= 11 is 0. The number of carbonyl (C=O) groups is 2. The first-order valence-electron chi connectivity index (χ1n) is 10.9. The van der Waals surface area contributed by atoms with Crippen LogP contribution < -0.4 is 10.1 Å². The number of nitrogens with zero attached hydrogens (tertiary/aromatic N) is 1. The molecule has 6 heteroatoms. The van der Waals surface area contributed by atoms with Crippen LogP contribution in [0.25, 0.3) is 0 Å². The van der Waals surface area contributed by atoms with Crippen LogP contribution in [0.5, 0.6) is 5.75 Å². The summed E-state index contributed by atoms with van der Waals surface area (Å²) < 4.78 is 19.4. The minimum atomic E-state index is -0.674. The zero-order chi connectivity index (χ0) is 22.2. The van der Waals surface area contributed by atoms with E-state index < -0.39 is 11.9 Å². The number of amides is 2. The maximum atomic E-state index is 14.1. The maximum absolute atomic E-state index is 14.1. The van der Waals surface area contributed by atoms with E-state index in [2.05, 4.69) is 5.32 Å². The smallest absolute Gasteiger partial charge is 0.242 e. The average molecular weight is 427 g/mol. The number of hydrogen-bond acceptors (Lipinski definition) is 3. The molecule has 166 valence electrons. The minimum Gasteiger partial charge on any atom is -0.497 e. The Labute approximate surface area is 183 Å². The van der Waals surface area contributed by atoms with E-state index >= 15 is 0 Å². The summed E-state index contributed by atoms with van der Waals surface area (Å²) in [5.41, 5.74) is 1.17. The van der Waals surface area contributed by atoms with Gasteiger partial charge < -0.3 is 15.0 Å². The summed E-state index contributed by atoms with van der Waals surface area (Å²) in [6.45, 7) is 1.97. The predicted octanol–water partition coefficient (Wildman–Crippen LogP) is 4.24. The summed E-state index contributed by atoms with van der Waals surface area (Å²) in [5, 5.41) is 3.11. The van der Waals surface area contributed by atoms with E-state index in [0.717, 1.165) is 31.2 Å². The van der Waals surface area contributed by atoms with Crippen LogP contribution in [0.15, 0.2) is 48.5 Å². The fourth-order valence-electron chi connectivity index (χ4n) is 4.03. The van der Waals surface area contributed by atoms with E-state index in [1.807, 2.05) is 24.3 Å². The fourth-order valence-corrected chi connectivity index (χ4v) is 4.03. The van der Waals surface area contributed by atoms with Gasteiger partial charge in [0, 0.05) is 12.6 Å². The predicted molar refractivity (Wildman–Crippen MR) is 118 cm³/mol. The minimum absolute atomic E-state index is 0.0995. The number of nitrogens with one attached hydrogen (secondary N) is 1. The molecule has 3 rings (SSSR count). The van der Waals surface area contributed by atoms with E-state index in [0.29, 0.717) is 11.3 Å². The van der Waals surface area contributed by atoms with Crippen molar-refractivity contribution in [1.82, 2.24) is 10.2 Å². The average Bonchev–Trinajstić information content (AvgIpc) is 2.79. The molecular formula is C25H31FN2O3. The summed E-state index contributed by atoms with van der Waals surface area (Å²) in [4.78, 5) is 27.7. The van der Waals surface area contributed by atoms with Gasteiger partial charge in [-0.3, -0.25) is 9.59 Å². The molecule has 2 aromatic rings. The molecule has 1 aliphatic rings. The topological polar surface area (TPSA) is 58.6 Å². The molecule has 0 spiro atoms. The molecular weight excluding hydrogens is 395 g/mol. The van der Waals surface area contributed by atoms with Gasteiger partial charge in [-0.2, -0.15) is 0 Å². The van der Waals surface area contributed by atoms with Crippen molar-refractivity contribution in [3.05, 3.63) is 65.5 Å². The van der Waals surface area contributed by atoms with E-state index in [9.17, 15) is 14.0 Å². The first kappa shape index (κ1) is 22.8. The lowest BCUT2D eigenvalue weighted by Gasteiger charge is -2.31. The van der Waals surface area contributed by atoms with Gasteiger partial charge in [0.1, 0.15) is 17.6 Å². The summed E-state index contributed by atoms with van der Waals surface area (Å²) in [5.74, 6) is -0.203. The van der Waals surface area contributed by atoms with Gasteiger partial charge in [-0.1, -0.05) is 49.6 Å². The zero-order valence-electron chi connectivity index (χ0n) is 18.3. The van der Waals surface area contributed by atoms with Crippen molar-refractivity contribution in [3.8, 4) is 5.75 Å². The Morgan fingerprint density at radius 1 is 1.13 bits per heavy atom. The van der Waals surface area contributed by atoms with Crippen LogP contribution in [-0.2, 0) is 22.6 Å². The van der Waals surface area contributed by atoms with Gasteiger partial charge in [0.2, 0.25) is 11.8 Å². The van der Waals surface area contributed by atoms with Crippen molar-refractivity contribution in [1.29, 1.82) is 0 Å². The Kier molecular flexibility index (Phi) is 8.04. The maximum Gasteiger partial charge on any atom is 0.242 e. The molecule has 1 aliphatic carbocycles. The third-order valence-corrected chi connectivity index (χ3v) is 5.91. The Bertz CT molecular complexity index is 896. The van der Waals surface area contributed by atoms with Crippen LogP contribution in [0.1, 0.15) is 50.2 Å². The Morgan fingerprint density at radius 2 is 1.87 bits per heavy atom. The zero-order valence-corrected chi connectivity index (χ0v) is 18.3. The van der Waals surface area contributed by atoms with Gasteiger partial charge in [0.05, 0.1) is 13.5 Å². The van der Waals surface area contributed by atoms with Crippen molar-refractivity contribution in [2.75, 3.05) is 7.11 Å². The van der Waals surface area contributed by atoms with Crippen LogP contribution >= 0.6 is 0 Å². The second-order valence-electron chi connectivity index (χ2n) is 8.16. The lowest BCUT2D eigenvalue weighted by atomic mass is 9.95. The normalized spacial score (nSPS) is 15.2. The fraction of sp³-hybridized carbons (Fsp3) is 0.440. The van der Waals surface area contributed by atoms with E-state index in [1.54, 1.807) is 32.2 Å². The summed E-state index contributed by atoms with van der Waals surface area (Å²) in [7, 11) is 1.58. The molecule has 2 amide bonds. The third kappa shape index (κ3) is 6.29. The molecule has 1 N–H and O–H groups in total. The Balaban J connectivity index is 1.78. The molecule has 0 heterocycles. The quantitative estimate of drug-likeness (QED) is 0.687. The van der Waals surface area contributed by atoms with Crippen molar-refractivity contribution in [3.63, 3.8) is 0 Å². The molecule has 0 bridgehead atoms. The van der Waals surface area contributed by atoms with Gasteiger partial charge in [0.15, 0.2) is 0 Å². The van der Waals surface area contributed by atoms with Gasteiger partial charge in [-0.05, 0) is 49.1 Å². The standard InChI is InChI=1S/C25H31FN2O3/c1-18(25(30)27-21-11-4-3-5-12-21)28(17-19-9-8-13-22(15-19)31-2)24(29)16-20-10-6-7-14-23(20)26/h6-10,13-15,18,21H,3-5,11-12,16-17H2,1-2H3,(H,27,30). The highest BCUT2D eigenvalue weighted by molar-refractivity contribution is 5.88. The molecule has 31 heavy (non-hydrogen) atoms. The number of hydrogen-bond donors (Lipinski definition) is 1. The second kappa shape index (κ2) is 10.9. The van der Waals surface area contributed by atoms with Gasteiger partial charge in [-0.15, -0.1) is 0 Å². The van der Waals surface area contributed by atoms with E-state index in [-0.39, 0.29) is 30.8 Å². The van der Waals surface area contributed by atoms with Gasteiger partial charge >= 0.3 is 0 Å². The van der Waals surface area contributed by atoms with Crippen LogP contribution in [0, 0.1) is 5.82 Å². The van der Waals surface area contributed by atoms with Crippen LogP contribution in [-0.4, -0.2) is 35.9 Å². The van der Waals surface area contributed by atoms with E-state index in [4.69, 9.17) is 4.74 Å². The molecule has 1 atom stereocenters. The number of carbonyl (C=O) groups excluding carboxylic acids is 2. The van der Waals surface area contributed by atoms with Crippen LogP contribution in [0.4, 0.5) is 4.39 Å². The monoisotopic (exact) mass is 426 g/mol. The Hall–Kier alpha value is -2.89. The summed E-state index contributed by atoms with van der Waals surface area (Å²) in [6, 6.07) is 13.1. The molecule has 0 aromatic heterocycles. The third-order valence-electron chi connectivity index (χ3n) is 5.91. The van der Waals surface area contributed by atoms with Crippen molar-refractivity contribution in [2.24, 2.45) is 0 Å². The Morgan fingerprint density at radius 3 is 2.58 bits per heavy atom. The number of benzene rings is 2.